The predicted octanol–water partition coefficient (Wildman–Crippen LogP) is 3.73. The van der Waals surface area contributed by atoms with Crippen molar-refractivity contribution in [2.45, 2.75) is 13.8 Å². The molecule has 4 nitrogen and oxygen atoms in total. The van der Waals surface area contributed by atoms with Crippen LogP contribution in [0.15, 0.2) is 60.7 Å². The van der Waals surface area contributed by atoms with Crippen LogP contribution < -0.4 is 0 Å². The molecule has 2 amide bonds. The van der Waals surface area contributed by atoms with E-state index in [1.54, 1.807) is 0 Å². The number of rotatable bonds is 7. The van der Waals surface area contributed by atoms with Crippen molar-refractivity contribution < 1.29 is 9.59 Å². The molecule has 0 unspecified atom stereocenters. The van der Waals surface area contributed by atoms with Gasteiger partial charge in [0.1, 0.15) is 0 Å². The number of carbonyl (C=O) groups is 2. The highest BCUT2D eigenvalue weighted by atomic mass is 35.5. The van der Waals surface area contributed by atoms with Gasteiger partial charge < -0.3 is 4.90 Å². The van der Waals surface area contributed by atoms with Gasteiger partial charge >= 0.3 is 0 Å². The molecule has 0 atom stereocenters. The quantitative estimate of drug-likeness (QED) is 0.683. The van der Waals surface area contributed by atoms with Crippen LogP contribution in [0.3, 0.4) is 0 Å². The minimum absolute atomic E-state index is 0. The molecule has 142 valence electrons. The van der Waals surface area contributed by atoms with Gasteiger partial charge in [-0.05, 0) is 24.2 Å². The van der Waals surface area contributed by atoms with Crippen LogP contribution in [0.2, 0.25) is 0 Å². The Morgan fingerprint density at radius 2 is 1.15 bits per heavy atom. The number of likely N-dealkylation sites (N-methyl/N-ethyl adjacent to an activating group) is 1. The molecule has 0 saturated carbocycles. The largest absolute Gasteiger partial charge is 0.302 e. The average Bonchev–Trinajstić information content (AvgIpc) is 2.94. The normalized spacial score (nSPS) is 14.1. The SMILES string of the molecule is CCN(CC)CCN1C(=O)C(c2ccccc2)=C(c2ccccc2)C1=O.Cl. The highest BCUT2D eigenvalue weighted by Gasteiger charge is 2.39. The lowest BCUT2D eigenvalue weighted by atomic mass is 9.96. The van der Waals surface area contributed by atoms with Gasteiger partial charge in [0, 0.05) is 13.1 Å². The summed E-state index contributed by atoms with van der Waals surface area (Å²) in [6.45, 7) is 7.06. The fourth-order valence-corrected chi connectivity index (χ4v) is 3.31. The summed E-state index contributed by atoms with van der Waals surface area (Å²) >= 11 is 0. The lowest BCUT2D eigenvalue weighted by molar-refractivity contribution is -0.136. The summed E-state index contributed by atoms with van der Waals surface area (Å²) in [6, 6.07) is 18.9. The van der Waals surface area contributed by atoms with Crippen LogP contribution in [0.1, 0.15) is 25.0 Å². The zero-order chi connectivity index (χ0) is 18.5. The number of halogens is 1. The van der Waals surface area contributed by atoms with Gasteiger partial charge in [0.15, 0.2) is 0 Å². The summed E-state index contributed by atoms with van der Waals surface area (Å²) in [4.78, 5) is 29.8. The van der Waals surface area contributed by atoms with E-state index >= 15 is 0 Å². The second kappa shape index (κ2) is 9.49. The zero-order valence-electron chi connectivity index (χ0n) is 15.7. The lowest BCUT2D eigenvalue weighted by Gasteiger charge is -2.22. The number of amides is 2. The number of hydrogen-bond donors (Lipinski definition) is 0. The predicted molar refractivity (Wildman–Crippen MR) is 111 cm³/mol. The Balaban J connectivity index is 0.00000261. The fraction of sp³-hybridized carbons (Fsp3) is 0.273. The second-order valence-electron chi connectivity index (χ2n) is 6.27. The summed E-state index contributed by atoms with van der Waals surface area (Å²) in [6.07, 6.45) is 0. The first-order valence-corrected chi connectivity index (χ1v) is 9.11. The molecule has 0 saturated heterocycles. The van der Waals surface area contributed by atoms with Gasteiger partial charge in [-0.1, -0.05) is 74.5 Å². The second-order valence-corrected chi connectivity index (χ2v) is 6.27. The van der Waals surface area contributed by atoms with Crippen LogP contribution in [0.25, 0.3) is 11.1 Å². The van der Waals surface area contributed by atoms with Crippen molar-refractivity contribution in [1.82, 2.24) is 9.80 Å². The van der Waals surface area contributed by atoms with Crippen molar-refractivity contribution in [3.05, 3.63) is 71.8 Å². The van der Waals surface area contributed by atoms with Crippen LogP contribution in [0, 0.1) is 0 Å². The van der Waals surface area contributed by atoms with E-state index in [-0.39, 0.29) is 24.2 Å². The molecule has 0 fully saturated rings. The molecule has 27 heavy (non-hydrogen) atoms. The topological polar surface area (TPSA) is 40.6 Å². The van der Waals surface area contributed by atoms with E-state index in [0.29, 0.717) is 24.2 Å². The Labute approximate surface area is 166 Å². The van der Waals surface area contributed by atoms with Crippen LogP contribution >= 0.6 is 12.4 Å². The fourth-order valence-electron chi connectivity index (χ4n) is 3.31. The monoisotopic (exact) mass is 384 g/mol. The minimum Gasteiger partial charge on any atom is -0.302 e. The Morgan fingerprint density at radius 1 is 0.741 bits per heavy atom. The van der Waals surface area contributed by atoms with Gasteiger partial charge in [0.05, 0.1) is 11.1 Å². The Kier molecular flexibility index (Phi) is 7.34. The van der Waals surface area contributed by atoms with Crippen LogP contribution in [-0.4, -0.2) is 47.8 Å². The zero-order valence-corrected chi connectivity index (χ0v) is 16.5. The maximum absolute atomic E-state index is 13.1. The van der Waals surface area contributed by atoms with Gasteiger partial charge in [0.25, 0.3) is 11.8 Å². The van der Waals surface area contributed by atoms with Crippen LogP contribution in [0.5, 0.6) is 0 Å². The van der Waals surface area contributed by atoms with E-state index in [1.807, 2.05) is 60.7 Å². The summed E-state index contributed by atoms with van der Waals surface area (Å²) in [5.74, 6) is -0.403. The Hall–Kier alpha value is -2.43. The van der Waals surface area contributed by atoms with E-state index in [9.17, 15) is 9.59 Å². The van der Waals surface area contributed by atoms with Gasteiger partial charge in [-0.3, -0.25) is 14.5 Å². The molecule has 1 aliphatic heterocycles. The van der Waals surface area contributed by atoms with Gasteiger partial charge in [0.2, 0.25) is 0 Å². The number of benzene rings is 2. The molecule has 0 radical (unpaired) electrons. The van der Waals surface area contributed by atoms with Crippen molar-refractivity contribution in [3.8, 4) is 0 Å². The van der Waals surface area contributed by atoms with E-state index < -0.39 is 0 Å². The lowest BCUT2D eigenvalue weighted by Crippen LogP contribution is -2.39. The third-order valence-corrected chi connectivity index (χ3v) is 4.83. The molecular formula is C22H25ClN2O2. The maximum atomic E-state index is 13.1. The first-order valence-electron chi connectivity index (χ1n) is 9.11. The molecule has 3 rings (SSSR count). The molecule has 0 spiro atoms. The highest BCUT2D eigenvalue weighted by Crippen LogP contribution is 2.35. The molecule has 5 heteroatoms. The summed E-state index contributed by atoms with van der Waals surface area (Å²) in [5, 5.41) is 0. The first-order chi connectivity index (χ1) is 12.7. The molecule has 1 aliphatic rings. The van der Waals surface area contributed by atoms with Crippen LogP contribution in [0.4, 0.5) is 0 Å². The number of imide groups is 1. The molecule has 2 aromatic carbocycles. The highest BCUT2D eigenvalue weighted by molar-refractivity contribution is 6.48. The van der Waals surface area contributed by atoms with Crippen molar-refractivity contribution in [1.29, 1.82) is 0 Å². The van der Waals surface area contributed by atoms with Gasteiger partial charge in [-0.25, -0.2) is 0 Å². The summed E-state index contributed by atoms with van der Waals surface area (Å²) < 4.78 is 0. The maximum Gasteiger partial charge on any atom is 0.262 e. The van der Waals surface area contributed by atoms with E-state index in [2.05, 4.69) is 18.7 Å². The van der Waals surface area contributed by atoms with Crippen molar-refractivity contribution in [2.24, 2.45) is 0 Å². The van der Waals surface area contributed by atoms with Crippen molar-refractivity contribution >= 4 is 35.4 Å². The Bertz CT molecular complexity index is 753. The summed E-state index contributed by atoms with van der Waals surface area (Å²) in [7, 11) is 0. The summed E-state index contributed by atoms with van der Waals surface area (Å²) in [5.41, 5.74) is 2.58. The standard InChI is InChI=1S/C22H24N2O2.ClH/c1-3-23(4-2)15-16-24-21(25)19(17-11-7-5-8-12-17)20(22(24)26)18-13-9-6-10-14-18;/h5-14H,3-4,15-16H2,1-2H3;1H. The Morgan fingerprint density at radius 3 is 1.52 bits per heavy atom. The molecule has 0 bridgehead atoms. The molecule has 0 aromatic heterocycles. The third kappa shape index (κ3) is 4.29. The number of hydrogen-bond acceptors (Lipinski definition) is 3. The number of nitrogens with zero attached hydrogens (tertiary/aromatic N) is 2. The minimum atomic E-state index is -0.202. The third-order valence-electron chi connectivity index (χ3n) is 4.83. The smallest absolute Gasteiger partial charge is 0.262 e. The first kappa shape index (κ1) is 20.9. The van der Waals surface area contributed by atoms with E-state index in [0.717, 1.165) is 24.2 Å². The molecule has 0 N–H and O–H groups in total. The molecule has 1 heterocycles. The molecule has 0 aliphatic carbocycles. The molecule has 2 aromatic rings. The van der Waals surface area contributed by atoms with Crippen molar-refractivity contribution in [2.75, 3.05) is 26.2 Å². The van der Waals surface area contributed by atoms with E-state index in [4.69, 9.17) is 0 Å². The van der Waals surface area contributed by atoms with E-state index in [1.165, 1.54) is 4.90 Å². The van der Waals surface area contributed by atoms with Gasteiger partial charge in [-0.15, -0.1) is 12.4 Å². The average molecular weight is 385 g/mol. The number of carbonyl (C=O) groups excluding carboxylic acids is 2. The van der Waals surface area contributed by atoms with Gasteiger partial charge in [-0.2, -0.15) is 0 Å². The molecular weight excluding hydrogens is 360 g/mol. The van der Waals surface area contributed by atoms with Crippen molar-refractivity contribution in [3.63, 3.8) is 0 Å². The van der Waals surface area contributed by atoms with Crippen LogP contribution in [-0.2, 0) is 9.59 Å².